The molecule has 2 heteroatoms. The van der Waals surface area contributed by atoms with Crippen LogP contribution < -0.4 is 10.1 Å². The number of hydrogen-bond donors (Lipinski definition) is 1. The number of anilines is 2. The smallest absolute Gasteiger partial charge is 0.135 e. The van der Waals surface area contributed by atoms with Gasteiger partial charge in [-0.25, -0.2) is 0 Å². The predicted octanol–water partition coefficient (Wildman–Crippen LogP) is 8.71. The molecule has 0 spiro atoms. The largest absolute Gasteiger partial charge is 0.456 e. The van der Waals surface area contributed by atoms with Crippen molar-refractivity contribution < 1.29 is 4.74 Å². The van der Waals surface area contributed by atoms with E-state index in [9.17, 15) is 0 Å². The zero-order chi connectivity index (χ0) is 22.1. The van der Waals surface area contributed by atoms with Crippen LogP contribution in [0.5, 0.6) is 11.5 Å². The molecule has 0 aromatic heterocycles. The molecule has 0 radical (unpaired) electrons. The second-order valence-electron chi connectivity index (χ2n) is 10.6. The predicted molar refractivity (Wildman–Crippen MR) is 134 cm³/mol. The number of fused-ring (bicyclic) bond motifs is 3. The summed E-state index contributed by atoms with van der Waals surface area (Å²) in [6.07, 6.45) is 2.45. The summed E-state index contributed by atoms with van der Waals surface area (Å²) in [5.41, 5.74) is 7.99. The molecule has 1 heterocycles. The van der Waals surface area contributed by atoms with E-state index in [0.717, 1.165) is 28.4 Å². The summed E-state index contributed by atoms with van der Waals surface area (Å²) in [4.78, 5) is 0. The molecule has 0 unspecified atom stereocenters. The van der Waals surface area contributed by atoms with Gasteiger partial charge in [-0.3, -0.25) is 0 Å². The van der Waals surface area contributed by atoms with Crippen molar-refractivity contribution in [2.75, 3.05) is 5.32 Å². The monoisotopic (exact) mass is 419 g/mol. The molecular weight excluding hydrogens is 390 g/mol. The lowest BCUT2D eigenvalue weighted by molar-refractivity contribution is 0.332. The van der Waals surface area contributed by atoms with E-state index in [0.29, 0.717) is 0 Å². The van der Waals surface area contributed by atoms with Gasteiger partial charge in [0, 0.05) is 22.3 Å². The lowest BCUT2D eigenvalue weighted by atomic mass is 9.63. The van der Waals surface area contributed by atoms with Crippen LogP contribution in [0, 0.1) is 0 Å². The Kier molecular flexibility index (Phi) is 4.02. The molecule has 0 amide bonds. The minimum Gasteiger partial charge on any atom is -0.456 e. The van der Waals surface area contributed by atoms with Gasteiger partial charge in [0.25, 0.3) is 0 Å². The molecule has 4 aromatic carbocycles. The number of nitrogens with one attached hydrogen (secondary N) is 1. The highest BCUT2D eigenvalue weighted by Gasteiger charge is 2.37. The van der Waals surface area contributed by atoms with Gasteiger partial charge in [0.05, 0.1) is 0 Å². The standard InChI is InChI=1S/C30H29NO/c1-29(2)15-16-30(3,4)25-18-21(11-13-24(25)29)31-20-12-14-26-23(17-20)22-9-5-7-19-8-6-10-27(32-26)28(19)22/h5-14,17-18,31H,15-16H2,1-4H3. The van der Waals surface area contributed by atoms with Crippen LogP contribution in [0.25, 0.3) is 21.9 Å². The van der Waals surface area contributed by atoms with Crippen molar-refractivity contribution in [1.82, 2.24) is 0 Å². The van der Waals surface area contributed by atoms with E-state index in [1.165, 1.54) is 40.3 Å². The lowest BCUT2D eigenvalue weighted by Crippen LogP contribution is -2.33. The maximum Gasteiger partial charge on any atom is 0.135 e. The SMILES string of the molecule is CC1(C)CCC(C)(C)c2cc(Nc3ccc4c(c3)-c3cccc5cccc(c35)O4)ccc21. The van der Waals surface area contributed by atoms with Crippen LogP contribution in [0.1, 0.15) is 51.7 Å². The summed E-state index contributed by atoms with van der Waals surface area (Å²) in [6.45, 7) is 9.49. The quantitative estimate of drug-likeness (QED) is 0.309. The molecule has 1 aliphatic heterocycles. The molecule has 1 aliphatic carbocycles. The zero-order valence-electron chi connectivity index (χ0n) is 19.3. The van der Waals surface area contributed by atoms with Crippen molar-refractivity contribution in [1.29, 1.82) is 0 Å². The third-order valence-electron chi connectivity index (χ3n) is 7.50. The van der Waals surface area contributed by atoms with Crippen molar-refractivity contribution in [3.63, 3.8) is 0 Å². The molecule has 160 valence electrons. The van der Waals surface area contributed by atoms with Crippen molar-refractivity contribution in [2.45, 2.75) is 51.4 Å². The molecule has 2 aliphatic rings. The summed E-state index contributed by atoms with van der Waals surface area (Å²) in [5, 5.41) is 6.07. The van der Waals surface area contributed by atoms with Gasteiger partial charge in [0.15, 0.2) is 0 Å². The first kappa shape index (κ1) is 19.4. The first-order chi connectivity index (χ1) is 15.3. The topological polar surface area (TPSA) is 21.3 Å². The van der Waals surface area contributed by atoms with E-state index in [1.807, 2.05) is 0 Å². The fourth-order valence-corrected chi connectivity index (χ4v) is 5.47. The van der Waals surface area contributed by atoms with Crippen LogP contribution in [0.2, 0.25) is 0 Å². The highest BCUT2D eigenvalue weighted by molar-refractivity contribution is 6.04. The van der Waals surface area contributed by atoms with E-state index in [-0.39, 0.29) is 10.8 Å². The highest BCUT2D eigenvalue weighted by Crippen LogP contribution is 2.48. The van der Waals surface area contributed by atoms with Crippen molar-refractivity contribution in [2.24, 2.45) is 0 Å². The molecule has 32 heavy (non-hydrogen) atoms. The molecule has 0 atom stereocenters. The zero-order valence-corrected chi connectivity index (χ0v) is 19.3. The van der Waals surface area contributed by atoms with Gasteiger partial charge in [-0.2, -0.15) is 0 Å². The molecule has 4 aromatic rings. The number of ether oxygens (including phenoxy) is 1. The average molecular weight is 420 g/mol. The van der Waals surface area contributed by atoms with Gasteiger partial charge in [0.1, 0.15) is 11.5 Å². The van der Waals surface area contributed by atoms with E-state index >= 15 is 0 Å². The molecule has 0 saturated heterocycles. The van der Waals surface area contributed by atoms with Crippen LogP contribution >= 0.6 is 0 Å². The van der Waals surface area contributed by atoms with E-state index in [1.54, 1.807) is 0 Å². The lowest BCUT2D eigenvalue weighted by Gasteiger charge is -2.42. The van der Waals surface area contributed by atoms with Gasteiger partial charge >= 0.3 is 0 Å². The molecule has 1 N–H and O–H groups in total. The van der Waals surface area contributed by atoms with Gasteiger partial charge in [-0.1, -0.05) is 64.1 Å². The third kappa shape index (κ3) is 2.93. The molecule has 0 saturated carbocycles. The Morgan fingerprint density at radius 3 is 2.16 bits per heavy atom. The van der Waals surface area contributed by atoms with E-state index < -0.39 is 0 Å². The Balaban J connectivity index is 1.41. The van der Waals surface area contributed by atoms with Gasteiger partial charge in [-0.15, -0.1) is 0 Å². The summed E-state index contributed by atoms with van der Waals surface area (Å²) >= 11 is 0. The average Bonchev–Trinajstić information content (AvgIpc) is 2.78. The first-order valence-electron chi connectivity index (χ1n) is 11.6. The van der Waals surface area contributed by atoms with Crippen LogP contribution in [0.15, 0.2) is 72.8 Å². The fraction of sp³-hybridized carbons (Fsp3) is 0.267. The van der Waals surface area contributed by atoms with Crippen LogP contribution in [0.4, 0.5) is 11.4 Å². The van der Waals surface area contributed by atoms with Crippen LogP contribution in [-0.2, 0) is 10.8 Å². The van der Waals surface area contributed by atoms with Crippen molar-refractivity contribution in [3.8, 4) is 22.6 Å². The Morgan fingerprint density at radius 2 is 1.34 bits per heavy atom. The number of hydrogen-bond acceptors (Lipinski definition) is 2. The summed E-state index contributed by atoms with van der Waals surface area (Å²) in [5.74, 6) is 1.85. The summed E-state index contributed by atoms with van der Waals surface area (Å²) < 4.78 is 6.25. The highest BCUT2D eigenvalue weighted by atomic mass is 16.5. The maximum absolute atomic E-state index is 6.25. The first-order valence-corrected chi connectivity index (χ1v) is 11.6. The Hall–Kier alpha value is -3.26. The Labute approximate surface area is 190 Å². The minimum atomic E-state index is 0.200. The third-order valence-corrected chi connectivity index (χ3v) is 7.50. The van der Waals surface area contributed by atoms with Gasteiger partial charge in [0.2, 0.25) is 0 Å². The van der Waals surface area contributed by atoms with Crippen LogP contribution in [-0.4, -0.2) is 0 Å². The van der Waals surface area contributed by atoms with Gasteiger partial charge < -0.3 is 10.1 Å². The molecule has 0 bridgehead atoms. The number of benzene rings is 4. The normalized spacial score (nSPS) is 17.2. The summed E-state index contributed by atoms with van der Waals surface area (Å²) in [7, 11) is 0. The maximum atomic E-state index is 6.25. The Morgan fingerprint density at radius 1 is 0.656 bits per heavy atom. The van der Waals surface area contributed by atoms with Crippen LogP contribution in [0.3, 0.4) is 0 Å². The van der Waals surface area contributed by atoms with E-state index in [2.05, 4.69) is 106 Å². The second-order valence-corrected chi connectivity index (χ2v) is 10.6. The minimum absolute atomic E-state index is 0.200. The Bertz CT molecular complexity index is 1370. The molecule has 2 nitrogen and oxygen atoms in total. The van der Waals surface area contributed by atoms with Crippen molar-refractivity contribution >= 4 is 22.1 Å². The van der Waals surface area contributed by atoms with Gasteiger partial charge in [-0.05, 0) is 82.1 Å². The van der Waals surface area contributed by atoms with E-state index in [4.69, 9.17) is 4.74 Å². The molecule has 0 fully saturated rings. The number of rotatable bonds is 2. The second kappa shape index (κ2) is 6.62. The fourth-order valence-electron chi connectivity index (χ4n) is 5.47. The molecule has 6 rings (SSSR count). The molecular formula is C30H29NO. The van der Waals surface area contributed by atoms with Crippen molar-refractivity contribution in [3.05, 3.63) is 83.9 Å². The summed E-state index contributed by atoms with van der Waals surface area (Å²) in [6, 6.07) is 26.1.